The predicted molar refractivity (Wildman–Crippen MR) is 80.8 cm³/mol. The zero-order chi connectivity index (χ0) is 13.4. The molecule has 1 rings (SSSR count). The van der Waals surface area contributed by atoms with Crippen molar-refractivity contribution in [1.82, 2.24) is 4.90 Å². The standard InChI is InChI=1S/C16H34N2/c1-4-15(3)13-18(5-2)12-11-16(14-17)9-7-6-8-10-16/h15H,4-14,17H2,1-3H3. The third-order valence-corrected chi connectivity index (χ3v) is 5.02. The molecule has 0 radical (unpaired) electrons. The van der Waals surface area contributed by atoms with Gasteiger partial charge < -0.3 is 10.6 Å². The van der Waals surface area contributed by atoms with Gasteiger partial charge >= 0.3 is 0 Å². The molecular weight excluding hydrogens is 220 g/mol. The third-order valence-electron chi connectivity index (χ3n) is 5.02. The van der Waals surface area contributed by atoms with E-state index in [1.165, 1.54) is 64.6 Å². The molecule has 0 aromatic rings. The van der Waals surface area contributed by atoms with Crippen molar-refractivity contribution in [2.45, 2.75) is 65.7 Å². The SMILES string of the molecule is CCC(C)CN(CC)CCC1(CN)CCCCC1. The lowest BCUT2D eigenvalue weighted by molar-refractivity contribution is 0.141. The van der Waals surface area contributed by atoms with Crippen LogP contribution >= 0.6 is 0 Å². The molecule has 1 fully saturated rings. The number of nitrogens with zero attached hydrogens (tertiary/aromatic N) is 1. The number of hydrogen-bond donors (Lipinski definition) is 1. The Kier molecular flexibility index (Phi) is 7.25. The Balaban J connectivity index is 2.39. The van der Waals surface area contributed by atoms with Crippen LogP contribution in [0, 0.1) is 11.3 Å². The molecule has 0 aromatic carbocycles. The molecule has 0 heterocycles. The van der Waals surface area contributed by atoms with Crippen molar-refractivity contribution in [3.05, 3.63) is 0 Å². The molecule has 2 N–H and O–H groups in total. The van der Waals surface area contributed by atoms with Gasteiger partial charge in [-0.1, -0.05) is 46.5 Å². The van der Waals surface area contributed by atoms with Crippen molar-refractivity contribution in [2.75, 3.05) is 26.2 Å². The Morgan fingerprint density at radius 2 is 1.83 bits per heavy atom. The fourth-order valence-corrected chi connectivity index (χ4v) is 3.20. The van der Waals surface area contributed by atoms with E-state index in [2.05, 4.69) is 25.7 Å². The van der Waals surface area contributed by atoms with Crippen molar-refractivity contribution in [1.29, 1.82) is 0 Å². The van der Waals surface area contributed by atoms with E-state index in [0.29, 0.717) is 5.41 Å². The molecule has 1 aliphatic carbocycles. The van der Waals surface area contributed by atoms with Gasteiger partial charge in [-0.2, -0.15) is 0 Å². The van der Waals surface area contributed by atoms with Crippen LogP contribution in [0.4, 0.5) is 0 Å². The highest BCUT2D eigenvalue weighted by Gasteiger charge is 2.30. The summed E-state index contributed by atoms with van der Waals surface area (Å²) >= 11 is 0. The van der Waals surface area contributed by atoms with E-state index in [4.69, 9.17) is 5.73 Å². The summed E-state index contributed by atoms with van der Waals surface area (Å²) in [6.45, 7) is 11.5. The van der Waals surface area contributed by atoms with Crippen LogP contribution in [0.2, 0.25) is 0 Å². The lowest BCUT2D eigenvalue weighted by Gasteiger charge is -2.38. The largest absolute Gasteiger partial charge is 0.330 e. The molecule has 108 valence electrons. The topological polar surface area (TPSA) is 29.3 Å². The summed E-state index contributed by atoms with van der Waals surface area (Å²) in [4.78, 5) is 2.63. The van der Waals surface area contributed by atoms with Gasteiger partial charge in [-0.05, 0) is 50.2 Å². The van der Waals surface area contributed by atoms with Crippen LogP contribution < -0.4 is 5.73 Å². The molecule has 0 saturated heterocycles. The van der Waals surface area contributed by atoms with Crippen LogP contribution in [0.15, 0.2) is 0 Å². The normalized spacial score (nSPS) is 21.2. The third kappa shape index (κ3) is 4.89. The van der Waals surface area contributed by atoms with E-state index in [9.17, 15) is 0 Å². The van der Waals surface area contributed by atoms with Gasteiger partial charge in [-0.15, -0.1) is 0 Å². The van der Waals surface area contributed by atoms with Crippen molar-refractivity contribution in [2.24, 2.45) is 17.1 Å². The maximum atomic E-state index is 6.07. The molecular formula is C16H34N2. The average molecular weight is 254 g/mol. The Morgan fingerprint density at radius 3 is 2.33 bits per heavy atom. The highest BCUT2D eigenvalue weighted by molar-refractivity contribution is 4.84. The van der Waals surface area contributed by atoms with Crippen LogP contribution in [0.1, 0.15) is 65.7 Å². The summed E-state index contributed by atoms with van der Waals surface area (Å²) in [6.07, 6.45) is 9.55. The van der Waals surface area contributed by atoms with Gasteiger partial charge in [-0.25, -0.2) is 0 Å². The van der Waals surface area contributed by atoms with Crippen LogP contribution in [0.3, 0.4) is 0 Å². The van der Waals surface area contributed by atoms with E-state index < -0.39 is 0 Å². The molecule has 2 nitrogen and oxygen atoms in total. The molecule has 1 atom stereocenters. The number of nitrogens with two attached hydrogens (primary N) is 1. The highest BCUT2D eigenvalue weighted by Crippen LogP contribution is 2.38. The molecule has 0 aliphatic heterocycles. The zero-order valence-corrected chi connectivity index (χ0v) is 12.9. The fourth-order valence-electron chi connectivity index (χ4n) is 3.20. The monoisotopic (exact) mass is 254 g/mol. The van der Waals surface area contributed by atoms with Crippen LogP contribution in [0.25, 0.3) is 0 Å². The van der Waals surface area contributed by atoms with E-state index in [0.717, 1.165) is 12.5 Å². The first-order valence-electron chi connectivity index (χ1n) is 8.08. The van der Waals surface area contributed by atoms with Crippen molar-refractivity contribution in [3.8, 4) is 0 Å². The zero-order valence-electron chi connectivity index (χ0n) is 12.9. The van der Waals surface area contributed by atoms with Crippen molar-refractivity contribution >= 4 is 0 Å². The summed E-state index contributed by atoms with van der Waals surface area (Å²) < 4.78 is 0. The summed E-state index contributed by atoms with van der Waals surface area (Å²) in [7, 11) is 0. The quantitative estimate of drug-likeness (QED) is 0.716. The van der Waals surface area contributed by atoms with Crippen molar-refractivity contribution < 1.29 is 0 Å². The molecule has 1 aliphatic rings. The van der Waals surface area contributed by atoms with E-state index in [1.807, 2.05) is 0 Å². The molecule has 1 saturated carbocycles. The summed E-state index contributed by atoms with van der Waals surface area (Å²) in [6, 6.07) is 0. The summed E-state index contributed by atoms with van der Waals surface area (Å²) in [5, 5.41) is 0. The molecule has 0 aromatic heterocycles. The van der Waals surface area contributed by atoms with E-state index >= 15 is 0 Å². The first-order chi connectivity index (χ1) is 8.65. The van der Waals surface area contributed by atoms with Gasteiger partial charge in [-0.3, -0.25) is 0 Å². The Morgan fingerprint density at radius 1 is 1.17 bits per heavy atom. The van der Waals surface area contributed by atoms with Gasteiger partial charge in [0.1, 0.15) is 0 Å². The smallest absolute Gasteiger partial charge is 0.000680 e. The van der Waals surface area contributed by atoms with Gasteiger partial charge in [0.25, 0.3) is 0 Å². The van der Waals surface area contributed by atoms with Crippen molar-refractivity contribution in [3.63, 3.8) is 0 Å². The molecule has 0 amide bonds. The van der Waals surface area contributed by atoms with Crippen LogP contribution in [-0.2, 0) is 0 Å². The second-order valence-corrected chi connectivity index (χ2v) is 6.42. The van der Waals surface area contributed by atoms with Crippen LogP contribution in [0.5, 0.6) is 0 Å². The highest BCUT2D eigenvalue weighted by atomic mass is 15.1. The minimum Gasteiger partial charge on any atom is -0.330 e. The fraction of sp³-hybridized carbons (Fsp3) is 1.00. The molecule has 0 spiro atoms. The Bertz CT molecular complexity index is 209. The number of hydrogen-bond acceptors (Lipinski definition) is 2. The Labute approximate surface area is 114 Å². The van der Waals surface area contributed by atoms with Gasteiger partial charge in [0.15, 0.2) is 0 Å². The minimum atomic E-state index is 0.473. The number of rotatable bonds is 8. The molecule has 0 bridgehead atoms. The predicted octanol–water partition coefficient (Wildman–Crippen LogP) is 3.65. The van der Waals surface area contributed by atoms with Gasteiger partial charge in [0.05, 0.1) is 0 Å². The first kappa shape index (κ1) is 16.0. The summed E-state index contributed by atoms with van der Waals surface area (Å²) in [5.41, 5.74) is 6.55. The minimum absolute atomic E-state index is 0.473. The van der Waals surface area contributed by atoms with Gasteiger partial charge in [0.2, 0.25) is 0 Å². The molecule has 18 heavy (non-hydrogen) atoms. The summed E-state index contributed by atoms with van der Waals surface area (Å²) in [5.74, 6) is 0.824. The van der Waals surface area contributed by atoms with Crippen LogP contribution in [-0.4, -0.2) is 31.1 Å². The van der Waals surface area contributed by atoms with E-state index in [1.54, 1.807) is 0 Å². The lowest BCUT2D eigenvalue weighted by Crippen LogP contribution is -2.38. The second-order valence-electron chi connectivity index (χ2n) is 6.42. The van der Waals surface area contributed by atoms with E-state index in [-0.39, 0.29) is 0 Å². The Hall–Kier alpha value is -0.0800. The molecule has 1 unspecified atom stereocenters. The molecule has 2 heteroatoms. The maximum Gasteiger partial charge on any atom is 0.000680 e. The first-order valence-corrected chi connectivity index (χ1v) is 8.08. The second kappa shape index (κ2) is 8.16. The maximum absolute atomic E-state index is 6.07. The average Bonchev–Trinajstić information content (AvgIpc) is 2.44. The lowest BCUT2D eigenvalue weighted by atomic mass is 9.72. The van der Waals surface area contributed by atoms with Gasteiger partial charge in [0, 0.05) is 6.54 Å².